The fourth-order valence-corrected chi connectivity index (χ4v) is 0.812. The molecule has 0 aliphatic carbocycles. The molecule has 11 heavy (non-hydrogen) atoms. The molecule has 0 aromatic heterocycles. The highest BCUT2D eigenvalue weighted by molar-refractivity contribution is 5.66. The number of halogens is 1. The van der Waals surface area contributed by atoms with Crippen molar-refractivity contribution >= 4 is 11.4 Å². The standard InChI is InChI=1S/C7H7FN2O/c1-4-2-5(8)3-6(10-11)7(4)9/h2-3H,9H2,1H3. The number of hydrogen-bond donors (Lipinski definition) is 1. The molecule has 0 spiro atoms. The summed E-state index contributed by atoms with van der Waals surface area (Å²) in [5.41, 5.74) is 6.13. The van der Waals surface area contributed by atoms with E-state index in [1.807, 2.05) is 0 Å². The van der Waals surface area contributed by atoms with E-state index in [-0.39, 0.29) is 11.4 Å². The van der Waals surface area contributed by atoms with Crippen LogP contribution in [-0.4, -0.2) is 0 Å². The van der Waals surface area contributed by atoms with Gasteiger partial charge < -0.3 is 5.73 Å². The van der Waals surface area contributed by atoms with Crippen molar-refractivity contribution in [1.82, 2.24) is 0 Å². The van der Waals surface area contributed by atoms with E-state index in [4.69, 9.17) is 5.73 Å². The molecule has 3 nitrogen and oxygen atoms in total. The normalized spacial score (nSPS) is 9.64. The van der Waals surface area contributed by atoms with Gasteiger partial charge in [-0.05, 0) is 23.7 Å². The molecule has 0 saturated heterocycles. The Hall–Kier alpha value is -1.45. The van der Waals surface area contributed by atoms with E-state index >= 15 is 0 Å². The van der Waals surface area contributed by atoms with Gasteiger partial charge in [-0.25, -0.2) is 4.39 Å². The van der Waals surface area contributed by atoms with E-state index in [0.29, 0.717) is 5.56 Å². The van der Waals surface area contributed by atoms with Crippen LogP contribution in [0.2, 0.25) is 0 Å². The summed E-state index contributed by atoms with van der Waals surface area (Å²) in [6.07, 6.45) is 0. The Morgan fingerprint density at radius 1 is 1.55 bits per heavy atom. The van der Waals surface area contributed by atoms with Crippen LogP contribution in [0.5, 0.6) is 0 Å². The maximum absolute atomic E-state index is 12.5. The van der Waals surface area contributed by atoms with Crippen LogP contribution < -0.4 is 5.73 Å². The maximum atomic E-state index is 12.5. The fourth-order valence-electron chi connectivity index (χ4n) is 0.812. The third-order valence-corrected chi connectivity index (χ3v) is 1.43. The van der Waals surface area contributed by atoms with Crippen molar-refractivity contribution in [3.8, 4) is 0 Å². The van der Waals surface area contributed by atoms with Crippen molar-refractivity contribution in [2.45, 2.75) is 6.92 Å². The lowest BCUT2D eigenvalue weighted by atomic mass is 10.2. The molecule has 1 aromatic carbocycles. The number of nitrogens with two attached hydrogens (primary N) is 1. The van der Waals surface area contributed by atoms with Crippen LogP contribution in [0.15, 0.2) is 17.3 Å². The van der Waals surface area contributed by atoms with Gasteiger partial charge in [0.15, 0.2) is 0 Å². The molecule has 0 aliphatic rings. The van der Waals surface area contributed by atoms with Gasteiger partial charge in [-0.2, -0.15) is 0 Å². The van der Waals surface area contributed by atoms with Crippen LogP contribution in [-0.2, 0) is 0 Å². The van der Waals surface area contributed by atoms with Gasteiger partial charge in [0.05, 0.1) is 5.69 Å². The largest absolute Gasteiger partial charge is 0.397 e. The zero-order valence-electron chi connectivity index (χ0n) is 5.97. The highest BCUT2D eigenvalue weighted by atomic mass is 19.1. The van der Waals surface area contributed by atoms with E-state index in [1.165, 1.54) is 6.07 Å². The number of nitrogen functional groups attached to an aromatic ring is 1. The van der Waals surface area contributed by atoms with E-state index < -0.39 is 5.82 Å². The third-order valence-electron chi connectivity index (χ3n) is 1.43. The van der Waals surface area contributed by atoms with Gasteiger partial charge in [-0.15, -0.1) is 4.91 Å². The second kappa shape index (κ2) is 2.65. The molecular weight excluding hydrogens is 147 g/mol. The smallest absolute Gasteiger partial charge is 0.134 e. The molecule has 0 heterocycles. The van der Waals surface area contributed by atoms with Crippen molar-refractivity contribution in [1.29, 1.82) is 0 Å². The molecule has 58 valence electrons. The van der Waals surface area contributed by atoms with Crippen molar-refractivity contribution in [2.24, 2.45) is 5.18 Å². The first kappa shape index (κ1) is 7.65. The number of nitrogens with zero attached hydrogens (tertiary/aromatic N) is 1. The van der Waals surface area contributed by atoms with Crippen molar-refractivity contribution < 1.29 is 4.39 Å². The molecule has 0 amide bonds. The summed E-state index contributed by atoms with van der Waals surface area (Å²) in [5.74, 6) is -0.494. The minimum absolute atomic E-state index is 0.0394. The zero-order chi connectivity index (χ0) is 8.43. The van der Waals surface area contributed by atoms with Crippen LogP contribution in [0.3, 0.4) is 0 Å². The minimum atomic E-state index is -0.494. The summed E-state index contributed by atoms with van der Waals surface area (Å²) in [4.78, 5) is 10.0. The van der Waals surface area contributed by atoms with Gasteiger partial charge in [0, 0.05) is 6.07 Å². The average Bonchev–Trinajstić information content (AvgIpc) is 1.96. The lowest BCUT2D eigenvalue weighted by Gasteiger charge is -2.00. The van der Waals surface area contributed by atoms with Crippen molar-refractivity contribution in [3.05, 3.63) is 28.4 Å². The van der Waals surface area contributed by atoms with Gasteiger partial charge in [-0.1, -0.05) is 0 Å². The second-order valence-electron chi connectivity index (χ2n) is 2.25. The molecule has 0 unspecified atom stereocenters. The molecule has 0 fully saturated rings. The van der Waals surface area contributed by atoms with Crippen LogP contribution in [0.25, 0.3) is 0 Å². The van der Waals surface area contributed by atoms with E-state index in [9.17, 15) is 9.30 Å². The quantitative estimate of drug-likeness (QED) is 0.497. The Labute approximate surface area is 63.0 Å². The number of rotatable bonds is 1. The van der Waals surface area contributed by atoms with Gasteiger partial charge in [0.25, 0.3) is 0 Å². The number of benzene rings is 1. The Morgan fingerprint density at radius 2 is 2.18 bits per heavy atom. The average molecular weight is 154 g/mol. The zero-order valence-corrected chi connectivity index (χ0v) is 5.97. The number of aryl methyl sites for hydroxylation is 1. The van der Waals surface area contributed by atoms with Crippen LogP contribution >= 0.6 is 0 Å². The monoisotopic (exact) mass is 154 g/mol. The number of nitroso groups, excluding NO2 is 1. The van der Waals surface area contributed by atoms with Crippen LogP contribution in [0, 0.1) is 17.6 Å². The molecule has 4 heteroatoms. The molecule has 2 N–H and O–H groups in total. The first-order chi connectivity index (χ1) is 5.15. The van der Waals surface area contributed by atoms with E-state index in [1.54, 1.807) is 6.92 Å². The first-order valence-corrected chi connectivity index (χ1v) is 3.04. The van der Waals surface area contributed by atoms with Gasteiger partial charge >= 0.3 is 0 Å². The van der Waals surface area contributed by atoms with Gasteiger partial charge in [-0.3, -0.25) is 0 Å². The molecule has 0 saturated carbocycles. The van der Waals surface area contributed by atoms with Crippen molar-refractivity contribution in [2.75, 3.05) is 5.73 Å². The summed E-state index contributed by atoms with van der Waals surface area (Å²) >= 11 is 0. The summed E-state index contributed by atoms with van der Waals surface area (Å²) in [6, 6.07) is 2.26. The summed E-state index contributed by atoms with van der Waals surface area (Å²) < 4.78 is 12.5. The predicted molar refractivity (Wildman–Crippen MR) is 41.0 cm³/mol. The highest BCUT2D eigenvalue weighted by Crippen LogP contribution is 2.25. The number of hydrogen-bond acceptors (Lipinski definition) is 3. The molecule has 0 radical (unpaired) electrons. The third kappa shape index (κ3) is 1.34. The second-order valence-corrected chi connectivity index (χ2v) is 2.25. The highest BCUT2D eigenvalue weighted by Gasteiger charge is 2.04. The molecular formula is C7H7FN2O. The predicted octanol–water partition coefficient (Wildman–Crippen LogP) is 2.11. The molecule has 1 aromatic rings. The van der Waals surface area contributed by atoms with E-state index in [2.05, 4.69) is 5.18 Å². The SMILES string of the molecule is Cc1cc(F)cc(N=O)c1N. The van der Waals surface area contributed by atoms with Gasteiger partial charge in [0.2, 0.25) is 0 Å². The van der Waals surface area contributed by atoms with Gasteiger partial charge in [0.1, 0.15) is 11.5 Å². The maximum Gasteiger partial charge on any atom is 0.134 e. The topological polar surface area (TPSA) is 55.5 Å². The summed E-state index contributed by atoms with van der Waals surface area (Å²) in [6.45, 7) is 1.62. The molecule has 0 aliphatic heterocycles. The Morgan fingerprint density at radius 3 is 2.73 bits per heavy atom. The fraction of sp³-hybridized carbons (Fsp3) is 0.143. The summed E-state index contributed by atoms with van der Waals surface area (Å²) in [7, 11) is 0. The molecule has 0 atom stereocenters. The van der Waals surface area contributed by atoms with Crippen molar-refractivity contribution in [3.63, 3.8) is 0 Å². The molecule has 0 bridgehead atoms. The lowest BCUT2D eigenvalue weighted by Crippen LogP contribution is -1.90. The Bertz CT molecular complexity index is 299. The Kier molecular flexibility index (Phi) is 1.85. The Balaban J connectivity index is 3.35. The lowest BCUT2D eigenvalue weighted by molar-refractivity contribution is 0.627. The van der Waals surface area contributed by atoms with E-state index in [0.717, 1.165) is 6.07 Å². The van der Waals surface area contributed by atoms with Crippen LogP contribution in [0.4, 0.5) is 15.8 Å². The molecule has 1 rings (SSSR count). The first-order valence-electron chi connectivity index (χ1n) is 3.04. The summed E-state index contributed by atoms with van der Waals surface area (Å²) in [5, 5.41) is 2.58. The van der Waals surface area contributed by atoms with Crippen LogP contribution in [0.1, 0.15) is 5.56 Å². The minimum Gasteiger partial charge on any atom is -0.397 e. The number of anilines is 1.